The number of rotatable bonds is 10. The average Bonchev–Trinajstić information content (AvgIpc) is 2.54. The zero-order chi connectivity index (χ0) is 20.1. The second kappa shape index (κ2) is 12.7. The molecule has 1 aromatic rings. The molecule has 26 heavy (non-hydrogen) atoms. The highest BCUT2D eigenvalue weighted by atomic mass is 16.4. The van der Waals surface area contributed by atoms with Crippen LogP contribution in [0, 0.1) is 0 Å². The molecule has 8 heteroatoms. The Hall–Kier alpha value is -2.61. The molecular weight excluding hydrogens is 342 g/mol. The zero-order valence-corrected chi connectivity index (χ0v) is 15.1. The van der Waals surface area contributed by atoms with Crippen LogP contribution in [0.2, 0.25) is 0 Å². The lowest BCUT2D eigenvalue weighted by molar-refractivity contribution is -0.139. The van der Waals surface area contributed by atoms with E-state index in [-0.39, 0.29) is 18.7 Å². The van der Waals surface area contributed by atoms with E-state index in [4.69, 9.17) is 15.3 Å². The van der Waals surface area contributed by atoms with Gasteiger partial charge < -0.3 is 20.4 Å². The molecule has 0 unspecified atom stereocenters. The molecule has 0 aromatic heterocycles. The topological polar surface area (TPSA) is 135 Å². The van der Waals surface area contributed by atoms with Crippen LogP contribution in [0.4, 0.5) is 0 Å². The predicted octanol–water partition coefficient (Wildman–Crippen LogP) is 2.19. The number of carbonyl (C=O) groups is 3. The molecule has 0 aliphatic heterocycles. The Morgan fingerprint density at radius 3 is 2.00 bits per heavy atom. The van der Waals surface area contributed by atoms with E-state index in [1.165, 1.54) is 6.07 Å². The van der Waals surface area contributed by atoms with E-state index >= 15 is 0 Å². The number of phenols is 1. The van der Waals surface area contributed by atoms with Gasteiger partial charge in [-0.25, -0.2) is 0 Å². The van der Waals surface area contributed by atoms with Gasteiger partial charge in [0.1, 0.15) is 5.75 Å². The minimum absolute atomic E-state index is 0.0246. The third-order valence-electron chi connectivity index (χ3n) is 3.44. The number of phenolic OH excluding ortho intramolecular Hbond substituents is 1. The lowest BCUT2D eigenvalue weighted by atomic mass is 10.0. The number of hydrogen-bond acceptors (Lipinski definition) is 5. The number of likely N-dealkylation sites (N-methyl/N-ethyl adjacent to an activating group) is 1. The van der Waals surface area contributed by atoms with Crippen LogP contribution in [0.5, 0.6) is 5.75 Å². The number of hydrogen-bond donors (Lipinski definition) is 4. The first-order valence-electron chi connectivity index (χ1n) is 8.38. The van der Waals surface area contributed by atoms with Crippen LogP contribution in [-0.4, -0.2) is 56.3 Å². The van der Waals surface area contributed by atoms with Crippen LogP contribution < -0.4 is 0 Å². The molecule has 0 aliphatic rings. The number of carboxylic acids is 3. The second-order valence-electron chi connectivity index (χ2n) is 5.70. The number of aliphatic carboxylic acids is 3. The molecule has 0 amide bonds. The second-order valence-corrected chi connectivity index (χ2v) is 5.70. The summed E-state index contributed by atoms with van der Waals surface area (Å²) in [6, 6.07) is 4.92. The molecule has 0 aliphatic carbocycles. The van der Waals surface area contributed by atoms with Crippen molar-refractivity contribution in [3.05, 3.63) is 29.3 Å². The largest absolute Gasteiger partial charge is 0.508 e. The van der Waals surface area contributed by atoms with Crippen molar-refractivity contribution in [1.29, 1.82) is 0 Å². The van der Waals surface area contributed by atoms with Gasteiger partial charge in [-0.1, -0.05) is 26.0 Å². The number of aromatic hydroxyl groups is 1. The third kappa shape index (κ3) is 11.0. The lowest BCUT2D eigenvalue weighted by Gasteiger charge is -2.19. The first kappa shape index (κ1) is 23.4. The summed E-state index contributed by atoms with van der Waals surface area (Å²) in [5.74, 6) is -2.42. The van der Waals surface area contributed by atoms with E-state index < -0.39 is 17.9 Å². The molecule has 8 nitrogen and oxygen atoms in total. The van der Waals surface area contributed by atoms with Gasteiger partial charge in [-0.3, -0.25) is 19.3 Å². The molecule has 1 aromatic carbocycles. The maximum atomic E-state index is 10.7. The molecule has 0 fully saturated rings. The fourth-order valence-electron chi connectivity index (χ4n) is 2.10. The highest BCUT2D eigenvalue weighted by molar-refractivity contribution is 5.69. The fourth-order valence-corrected chi connectivity index (χ4v) is 2.10. The maximum absolute atomic E-state index is 10.7. The van der Waals surface area contributed by atoms with Crippen LogP contribution >= 0.6 is 0 Å². The van der Waals surface area contributed by atoms with Gasteiger partial charge in [0, 0.05) is 24.9 Å². The van der Waals surface area contributed by atoms with Crippen molar-refractivity contribution in [2.24, 2.45) is 0 Å². The Balaban J connectivity index is 0.000000896. The van der Waals surface area contributed by atoms with Gasteiger partial charge in [0.15, 0.2) is 0 Å². The zero-order valence-electron chi connectivity index (χ0n) is 15.1. The highest BCUT2D eigenvalue weighted by Crippen LogP contribution is 2.21. The monoisotopic (exact) mass is 369 g/mol. The van der Waals surface area contributed by atoms with E-state index in [9.17, 15) is 19.5 Å². The normalized spacial score (nSPS) is 10.1. The smallest absolute Gasteiger partial charge is 0.317 e. The summed E-state index contributed by atoms with van der Waals surface area (Å²) in [6.45, 7) is 4.44. The lowest BCUT2D eigenvalue weighted by Crippen LogP contribution is -2.29. The van der Waals surface area contributed by atoms with Gasteiger partial charge >= 0.3 is 17.9 Å². The SMILES string of the molecule is CCCC(=O)O.CCN(CC(=O)O)Cc1cc(CCC(=O)O)ccc1O. The molecule has 0 spiro atoms. The van der Waals surface area contributed by atoms with Crippen LogP contribution in [0.3, 0.4) is 0 Å². The van der Waals surface area contributed by atoms with Gasteiger partial charge in [-0.15, -0.1) is 0 Å². The van der Waals surface area contributed by atoms with Crippen LogP contribution in [0.25, 0.3) is 0 Å². The Morgan fingerprint density at radius 2 is 1.58 bits per heavy atom. The van der Waals surface area contributed by atoms with Gasteiger partial charge in [0.05, 0.1) is 6.54 Å². The van der Waals surface area contributed by atoms with Crippen molar-refractivity contribution in [2.45, 2.75) is 46.1 Å². The fraction of sp³-hybridized carbons (Fsp3) is 0.500. The molecular formula is C18H27NO7. The summed E-state index contributed by atoms with van der Waals surface area (Å²) in [5, 5.41) is 35.2. The van der Waals surface area contributed by atoms with Crippen LogP contribution in [0.15, 0.2) is 18.2 Å². The molecule has 4 N–H and O–H groups in total. The number of benzene rings is 1. The quantitative estimate of drug-likeness (QED) is 0.493. The molecule has 0 bridgehead atoms. The summed E-state index contributed by atoms with van der Waals surface area (Å²) < 4.78 is 0. The summed E-state index contributed by atoms with van der Waals surface area (Å²) in [4.78, 5) is 32.5. The first-order chi connectivity index (χ1) is 12.2. The van der Waals surface area contributed by atoms with Gasteiger partial charge in [0.25, 0.3) is 0 Å². The minimum Gasteiger partial charge on any atom is -0.508 e. The van der Waals surface area contributed by atoms with Gasteiger partial charge in [0.2, 0.25) is 0 Å². The van der Waals surface area contributed by atoms with Crippen LogP contribution in [0.1, 0.15) is 44.2 Å². The summed E-state index contributed by atoms with van der Waals surface area (Å²) >= 11 is 0. The molecule has 0 heterocycles. The van der Waals surface area contributed by atoms with Gasteiger partial charge in [-0.2, -0.15) is 0 Å². The summed E-state index contributed by atoms with van der Waals surface area (Å²) in [7, 11) is 0. The van der Waals surface area contributed by atoms with Crippen molar-refractivity contribution < 1.29 is 34.8 Å². The maximum Gasteiger partial charge on any atom is 0.317 e. The molecule has 0 atom stereocenters. The Morgan fingerprint density at radius 1 is 0.962 bits per heavy atom. The third-order valence-corrected chi connectivity index (χ3v) is 3.44. The first-order valence-corrected chi connectivity index (χ1v) is 8.38. The minimum atomic E-state index is -0.923. The van der Waals surface area contributed by atoms with Crippen LogP contribution in [-0.2, 0) is 27.3 Å². The predicted molar refractivity (Wildman–Crippen MR) is 95.2 cm³/mol. The highest BCUT2D eigenvalue weighted by Gasteiger charge is 2.11. The molecule has 0 saturated heterocycles. The molecule has 1 rings (SSSR count). The van der Waals surface area contributed by atoms with Gasteiger partial charge in [-0.05, 0) is 31.0 Å². The summed E-state index contributed by atoms with van der Waals surface area (Å²) in [6.07, 6.45) is 1.43. The Kier molecular flexibility index (Phi) is 11.4. The Labute approximate surface area is 152 Å². The standard InChI is InChI=1S/C14H19NO5.C4H8O2/c1-2-15(9-14(19)20)8-11-7-10(3-5-12(11)16)4-6-13(17)18;1-2-3-4(5)6/h3,5,7,16H,2,4,6,8-9H2,1H3,(H,17,18)(H,19,20);2-3H2,1H3,(H,5,6). The average molecular weight is 369 g/mol. The van der Waals surface area contributed by atoms with Crippen molar-refractivity contribution >= 4 is 17.9 Å². The molecule has 146 valence electrons. The van der Waals surface area contributed by atoms with Crippen molar-refractivity contribution in [1.82, 2.24) is 4.90 Å². The molecule has 0 saturated carbocycles. The van der Waals surface area contributed by atoms with Crippen molar-refractivity contribution in [3.8, 4) is 5.75 Å². The number of aryl methyl sites for hydroxylation is 1. The van der Waals surface area contributed by atoms with Crippen molar-refractivity contribution in [3.63, 3.8) is 0 Å². The van der Waals surface area contributed by atoms with Crippen molar-refractivity contribution in [2.75, 3.05) is 13.1 Å². The molecule has 0 radical (unpaired) electrons. The number of carboxylic acid groups (broad SMARTS) is 3. The number of nitrogens with zero attached hydrogens (tertiary/aromatic N) is 1. The van der Waals surface area contributed by atoms with E-state index in [1.54, 1.807) is 17.0 Å². The van der Waals surface area contributed by atoms with E-state index in [0.29, 0.717) is 31.5 Å². The Bertz CT molecular complexity index is 601. The summed E-state index contributed by atoms with van der Waals surface area (Å²) in [5.41, 5.74) is 1.42. The van der Waals surface area contributed by atoms with E-state index in [0.717, 1.165) is 12.0 Å². The van der Waals surface area contributed by atoms with E-state index in [1.807, 2.05) is 13.8 Å². The van der Waals surface area contributed by atoms with E-state index in [2.05, 4.69) is 0 Å².